The summed E-state index contributed by atoms with van der Waals surface area (Å²) in [6.07, 6.45) is 2.04. The van der Waals surface area contributed by atoms with Gasteiger partial charge in [0.05, 0.1) is 17.9 Å². The first-order chi connectivity index (χ1) is 12.1. The Balaban J connectivity index is 1.53. The number of ether oxygens (including phenoxy) is 1. The summed E-state index contributed by atoms with van der Waals surface area (Å²) >= 11 is 0. The zero-order chi connectivity index (χ0) is 17.4. The molecule has 1 N–H and O–H groups in total. The number of anilines is 1. The van der Waals surface area contributed by atoms with Crippen LogP contribution in [0.5, 0.6) is 0 Å². The molecule has 1 fully saturated rings. The summed E-state index contributed by atoms with van der Waals surface area (Å²) in [5, 5.41) is 13.7. The van der Waals surface area contributed by atoms with E-state index in [1.54, 1.807) is 4.90 Å². The van der Waals surface area contributed by atoms with Crippen molar-refractivity contribution in [3.63, 3.8) is 0 Å². The number of carbonyl (C=O) groups is 2. The van der Waals surface area contributed by atoms with Gasteiger partial charge in [-0.3, -0.25) is 4.90 Å². The van der Waals surface area contributed by atoms with Crippen molar-refractivity contribution < 1.29 is 19.4 Å². The fraction of sp³-hybridized carbons (Fsp3) is 0.353. The van der Waals surface area contributed by atoms with Crippen LogP contribution in [0.3, 0.4) is 0 Å². The number of fused-ring (bicyclic) bond motifs is 1. The molecule has 130 valence electrons. The van der Waals surface area contributed by atoms with Crippen molar-refractivity contribution >= 4 is 17.9 Å². The van der Waals surface area contributed by atoms with Crippen LogP contribution in [0, 0.1) is 0 Å². The first-order valence-corrected chi connectivity index (χ1v) is 8.22. The lowest BCUT2D eigenvalue weighted by Crippen LogP contribution is -2.31. The first-order valence-electron chi connectivity index (χ1n) is 8.22. The standard InChI is InChI=1S/C17H18N4O4/c22-16(23)19-7-5-12-11-21(18-15(12)6-8-19)14-3-1-13(2-4-14)20-9-10-25-17(20)24/h1-4,11H,5-10H2,(H,22,23). The van der Waals surface area contributed by atoms with E-state index in [1.807, 2.05) is 35.1 Å². The molecule has 25 heavy (non-hydrogen) atoms. The number of benzene rings is 1. The smallest absolute Gasteiger partial charge is 0.414 e. The van der Waals surface area contributed by atoms with E-state index in [-0.39, 0.29) is 6.09 Å². The number of nitrogens with zero attached hydrogens (tertiary/aromatic N) is 4. The highest BCUT2D eigenvalue weighted by Gasteiger charge is 2.24. The summed E-state index contributed by atoms with van der Waals surface area (Å²) in [5.74, 6) is 0. The minimum absolute atomic E-state index is 0.318. The summed E-state index contributed by atoms with van der Waals surface area (Å²) in [7, 11) is 0. The Bertz CT molecular complexity index is 789. The van der Waals surface area contributed by atoms with Gasteiger partial charge in [0.15, 0.2) is 0 Å². The van der Waals surface area contributed by atoms with Crippen LogP contribution in [-0.4, -0.2) is 58.2 Å². The molecule has 2 aliphatic rings. The third kappa shape index (κ3) is 2.90. The molecule has 8 heteroatoms. The molecule has 4 rings (SSSR count). The molecule has 0 saturated carbocycles. The summed E-state index contributed by atoms with van der Waals surface area (Å²) in [4.78, 5) is 25.7. The van der Waals surface area contributed by atoms with E-state index < -0.39 is 6.09 Å². The van der Waals surface area contributed by atoms with Gasteiger partial charge in [0.25, 0.3) is 0 Å². The normalized spacial score (nSPS) is 17.2. The van der Waals surface area contributed by atoms with E-state index >= 15 is 0 Å². The molecular weight excluding hydrogens is 324 g/mol. The average Bonchev–Trinajstić information content (AvgIpc) is 3.16. The zero-order valence-electron chi connectivity index (χ0n) is 13.6. The predicted molar refractivity (Wildman–Crippen MR) is 89.3 cm³/mol. The van der Waals surface area contributed by atoms with Crippen molar-refractivity contribution in [1.82, 2.24) is 14.7 Å². The number of carboxylic acid groups (broad SMARTS) is 1. The van der Waals surface area contributed by atoms with E-state index in [0.717, 1.165) is 22.6 Å². The van der Waals surface area contributed by atoms with Gasteiger partial charge in [-0.1, -0.05) is 0 Å². The molecular formula is C17H18N4O4. The van der Waals surface area contributed by atoms with Crippen LogP contribution < -0.4 is 4.90 Å². The highest BCUT2D eigenvalue weighted by Crippen LogP contribution is 2.22. The summed E-state index contributed by atoms with van der Waals surface area (Å²) in [6, 6.07) is 7.58. The molecule has 1 aromatic heterocycles. The maximum Gasteiger partial charge on any atom is 0.414 e. The third-order valence-corrected chi connectivity index (χ3v) is 4.60. The van der Waals surface area contributed by atoms with Crippen LogP contribution >= 0.6 is 0 Å². The van der Waals surface area contributed by atoms with Crippen LogP contribution in [-0.2, 0) is 17.6 Å². The monoisotopic (exact) mass is 342 g/mol. The summed E-state index contributed by atoms with van der Waals surface area (Å²) < 4.78 is 6.76. The van der Waals surface area contributed by atoms with Crippen molar-refractivity contribution in [2.24, 2.45) is 0 Å². The minimum atomic E-state index is -0.881. The number of hydrogen-bond donors (Lipinski definition) is 1. The zero-order valence-corrected chi connectivity index (χ0v) is 13.6. The fourth-order valence-corrected chi connectivity index (χ4v) is 3.21. The second-order valence-electron chi connectivity index (χ2n) is 6.10. The molecule has 0 unspecified atom stereocenters. The van der Waals surface area contributed by atoms with Gasteiger partial charge < -0.3 is 14.7 Å². The summed E-state index contributed by atoms with van der Waals surface area (Å²) in [5.41, 5.74) is 3.73. The van der Waals surface area contributed by atoms with Crippen LogP contribution in [0.4, 0.5) is 15.3 Å². The van der Waals surface area contributed by atoms with Gasteiger partial charge in [-0.25, -0.2) is 14.3 Å². The second kappa shape index (κ2) is 6.12. The van der Waals surface area contributed by atoms with Crippen LogP contribution in [0.2, 0.25) is 0 Å². The van der Waals surface area contributed by atoms with Crippen molar-refractivity contribution in [2.75, 3.05) is 31.1 Å². The lowest BCUT2D eigenvalue weighted by atomic mass is 10.2. The molecule has 2 amide bonds. The Kier molecular flexibility index (Phi) is 3.79. The molecule has 2 aliphatic heterocycles. The van der Waals surface area contributed by atoms with Gasteiger partial charge in [0, 0.05) is 31.4 Å². The number of hydrogen-bond acceptors (Lipinski definition) is 4. The van der Waals surface area contributed by atoms with Gasteiger partial charge in [-0.15, -0.1) is 0 Å². The molecule has 0 atom stereocenters. The van der Waals surface area contributed by atoms with E-state index in [9.17, 15) is 9.59 Å². The van der Waals surface area contributed by atoms with Gasteiger partial charge in [0.2, 0.25) is 0 Å². The second-order valence-corrected chi connectivity index (χ2v) is 6.10. The lowest BCUT2D eigenvalue weighted by molar-refractivity contribution is 0.147. The molecule has 1 aromatic carbocycles. The Morgan fingerprint density at radius 2 is 1.80 bits per heavy atom. The lowest BCUT2D eigenvalue weighted by Gasteiger charge is -2.15. The minimum Gasteiger partial charge on any atom is -0.465 e. The molecule has 0 spiro atoms. The number of cyclic esters (lactones) is 1. The van der Waals surface area contributed by atoms with Crippen LogP contribution in [0.15, 0.2) is 30.5 Å². The number of carbonyl (C=O) groups excluding carboxylic acids is 1. The molecule has 8 nitrogen and oxygen atoms in total. The Hall–Kier alpha value is -3.03. The van der Waals surface area contributed by atoms with E-state index in [2.05, 4.69) is 5.10 Å². The van der Waals surface area contributed by atoms with Crippen LogP contribution in [0.25, 0.3) is 5.69 Å². The highest BCUT2D eigenvalue weighted by atomic mass is 16.6. The summed E-state index contributed by atoms with van der Waals surface area (Å²) in [6.45, 7) is 1.94. The van der Waals surface area contributed by atoms with Crippen molar-refractivity contribution in [3.8, 4) is 5.69 Å². The number of amides is 2. The molecule has 2 aromatic rings. The Morgan fingerprint density at radius 3 is 2.48 bits per heavy atom. The molecule has 0 radical (unpaired) electrons. The van der Waals surface area contributed by atoms with Crippen molar-refractivity contribution in [2.45, 2.75) is 12.8 Å². The Morgan fingerprint density at radius 1 is 1.08 bits per heavy atom. The highest BCUT2D eigenvalue weighted by molar-refractivity contribution is 5.89. The molecule has 0 bridgehead atoms. The average molecular weight is 342 g/mol. The van der Waals surface area contributed by atoms with Gasteiger partial charge >= 0.3 is 12.2 Å². The maximum absolute atomic E-state index is 11.6. The maximum atomic E-state index is 11.6. The van der Waals surface area contributed by atoms with Gasteiger partial charge in [0.1, 0.15) is 6.61 Å². The van der Waals surface area contributed by atoms with Crippen molar-refractivity contribution in [1.29, 1.82) is 0 Å². The first kappa shape index (κ1) is 15.5. The Labute approximate surface area is 144 Å². The van der Waals surface area contributed by atoms with Gasteiger partial charge in [-0.2, -0.15) is 5.10 Å². The molecule has 1 saturated heterocycles. The van der Waals surface area contributed by atoms with Crippen molar-refractivity contribution in [3.05, 3.63) is 41.7 Å². The quantitative estimate of drug-likeness (QED) is 0.901. The third-order valence-electron chi connectivity index (χ3n) is 4.60. The van der Waals surface area contributed by atoms with E-state index in [0.29, 0.717) is 39.1 Å². The SMILES string of the molecule is O=C(O)N1CCc2cn(-c3ccc(N4CCOC4=O)cc3)nc2CC1. The predicted octanol–water partition coefficient (Wildman–Crippen LogP) is 1.91. The van der Waals surface area contributed by atoms with Gasteiger partial charge in [-0.05, 0) is 36.2 Å². The van der Waals surface area contributed by atoms with E-state index in [1.165, 1.54) is 4.90 Å². The largest absolute Gasteiger partial charge is 0.465 e. The van der Waals surface area contributed by atoms with E-state index in [4.69, 9.17) is 9.84 Å². The molecule has 3 heterocycles. The number of rotatable bonds is 2. The molecule has 0 aliphatic carbocycles. The topological polar surface area (TPSA) is 87.9 Å². The number of aromatic nitrogens is 2. The fourth-order valence-electron chi connectivity index (χ4n) is 3.21. The van der Waals surface area contributed by atoms with Crippen LogP contribution in [0.1, 0.15) is 11.3 Å².